The predicted octanol–water partition coefficient (Wildman–Crippen LogP) is 7.30. The Kier molecular flexibility index (Phi) is 5.03. The zero-order valence-electron chi connectivity index (χ0n) is 19.1. The van der Waals surface area contributed by atoms with Gasteiger partial charge >= 0.3 is 219 Å². The monoisotopic (exact) mass is 591 g/mol. The number of allylic oxidation sites excluding steroid dienone is 1. The predicted molar refractivity (Wildman–Crippen MR) is 143 cm³/mol. The molecular formula is C30H23NO2STe. The van der Waals surface area contributed by atoms with Crippen molar-refractivity contribution in [1.82, 2.24) is 0 Å². The minimum absolute atomic E-state index is 0.0972. The van der Waals surface area contributed by atoms with E-state index < -0.39 is 20.4 Å². The van der Waals surface area contributed by atoms with E-state index >= 15 is 0 Å². The number of fused-ring (bicyclic) bond motifs is 5. The van der Waals surface area contributed by atoms with Crippen molar-refractivity contribution in [3.05, 3.63) is 103 Å². The molecule has 5 heteroatoms. The Morgan fingerprint density at radius 1 is 0.800 bits per heavy atom. The van der Waals surface area contributed by atoms with Crippen molar-refractivity contribution in [1.29, 1.82) is 0 Å². The summed E-state index contributed by atoms with van der Waals surface area (Å²) < 4.78 is 2.44. The molecule has 0 atom stereocenters. The average molecular weight is 589 g/mol. The van der Waals surface area contributed by atoms with Crippen LogP contribution < -0.4 is 4.90 Å². The summed E-state index contributed by atoms with van der Waals surface area (Å²) in [6.07, 6.45) is 8.13. The van der Waals surface area contributed by atoms with Crippen LogP contribution in [0.1, 0.15) is 66.8 Å². The molecule has 172 valence electrons. The maximum atomic E-state index is 12.8. The summed E-state index contributed by atoms with van der Waals surface area (Å²) in [6, 6.07) is 24.0. The fourth-order valence-corrected chi connectivity index (χ4v) is 9.84. The van der Waals surface area contributed by atoms with E-state index in [2.05, 4.69) is 65.6 Å². The molecule has 1 fully saturated rings. The van der Waals surface area contributed by atoms with Crippen molar-refractivity contribution < 1.29 is 9.59 Å². The van der Waals surface area contributed by atoms with Gasteiger partial charge in [-0.15, -0.1) is 0 Å². The zero-order chi connectivity index (χ0) is 23.6. The first-order valence-electron chi connectivity index (χ1n) is 12.1. The van der Waals surface area contributed by atoms with Gasteiger partial charge in [0, 0.05) is 0 Å². The standard InChI is InChI=1S/C30H23NO2STe/c32-27-20-14-17-34-29(20)28(33)21(27)18-19-12-13-26(35-19)31-24-10-4-2-8-22(24)30(15-6-1-7-16-30)23-9-3-5-11-25(23)31/h2-5,8-14,17-18H,1,6-7,15-16H2/b21-18+. The van der Waals surface area contributed by atoms with Crippen LogP contribution in [-0.2, 0) is 5.41 Å². The third-order valence-corrected chi connectivity index (χ3v) is 11.6. The molecule has 0 bridgehead atoms. The molecule has 1 saturated carbocycles. The van der Waals surface area contributed by atoms with Crippen LogP contribution in [-0.4, -0.2) is 32.0 Å². The van der Waals surface area contributed by atoms with Gasteiger partial charge < -0.3 is 0 Å². The number of rotatable bonds is 2. The quantitative estimate of drug-likeness (QED) is 0.140. The first-order valence-corrected chi connectivity index (χ1v) is 15.4. The SMILES string of the molecule is O=C1/C(=C\c2ccc(N3c4ccccc4C4(CCCCC4)c4ccccc43)[te]2)C(=O)c2sccc21. The molecule has 0 unspecified atom stereocenters. The van der Waals surface area contributed by atoms with Crippen molar-refractivity contribution in [2.45, 2.75) is 37.5 Å². The van der Waals surface area contributed by atoms with Crippen LogP contribution in [0.2, 0.25) is 0 Å². The number of thiophene rings is 1. The second-order valence-electron chi connectivity index (χ2n) is 9.57. The average Bonchev–Trinajstić information content (AvgIpc) is 3.62. The Hall–Kier alpha value is -2.71. The molecule has 2 aromatic heterocycles. The second kappa shape index (κ2) is 8.17. The third kappa shape index (κ3) is 3.15. The van der Waals surface area contributed by atoms with Crippen LogP contribution in [0.5, 0.6) is 0 Å². The molecule has 4 aromatic rings. The Labute approximate surface area is 218 Å². The molecular weight excluding hydrogens is 566 g/mol. The van der Waals surface area contributed by atoms with E-state index in [1.165, 1.54) is 69.6 Å². The molecule has 7 rings (SSSR count). The van der Waals surface area contributed by atoms with Gasteiger partial charge in [0.2, 0.25) is 0 Å². The Bertz CT molecular complexity index is 1450. The summed E-state index contributed by atoms with van der Waals surface area (Å²) >= 11 is 0.593. The molecule has 0 N–H and O–H groups in total. The molecule has 3 nitrogen and oxygen atoms in total. The Morgan fingerprint density at radius 3 is 2.17 bits per heavy atom. The molecule has 0 saturated heterocycles. The maximum absolute atomic E-state index is 12.8. The number of carbonyl (C=O) groups is 2. The van der Waals surface area contributed by atoms with E-state index in [4.69, 9.17) is 0 Å². The summed E-state index contributed by atoms with van der Waals surface area (Å²) in [4.78, 5) is 28.7. The van der Waals surface area contributed by atoms with Gasteiger partial charge in [0.15, 0.2) is 0 Å². The van der Waals surface area contributed by atoms with Crippen molar-refractivity contribution in [2.75, 3.05) is 4.90 Å². The van der Waals surface area contributed by atoms with Gasteiger partial charge in [0.05, 0.1) is 0 Å². The molecule has 0 amide bonds. The van der Waals surface area contributed by atoms with Crippen LogP contribution in [0, 0.1) is 0 Å². The van der Waals surface area contributed by atoms with Crippen LogP contribution in [0.4, 0.5) is 15.1 Å². The van der Waals surface area contributed by atoms with Gasteiger partial charge in [-0.2, -0.15) is 0 Å². The topological polar surface area (TPSA) is 37.4 Å². The van der Waals surface area contributed by atoms with Gasteiger partial charge in [0.1, 0.15) is 0 Å². The Morgan fingerprint density at radius 2 is 1.49 bits per heavy atom. The van der Waals surface area contributed by atoms with Gasteiger partial charge in [-0.3, -0.25) is 0 Å². The molecule has 3 aliphatic rings. The fourth-order valence-electron chi connectivity index (χ4n) is 6.20. The van der Waals surface area contributed by atoms with Crippen molar-refractivity contribution in [2.24, 2.45) is 0 Å². The van der Waals surface area contributed by atoms with Crippen LogP contribution in [0.25, 0.3) is 6.08 Å². The van der Waals surface area contributed by atoms with Gasteiger partial charge in [-0.1, -0.05) is 0 Å². The van der Waals surface area contributed by atoms with Crippen molar-refractivity contribution in [3.63, 3.8) is 0 Å². The van der Waals surface area contributed by atoms with Gasteiger partial charge in [-0.05, 0) is 0 Å². The fraction of sp³-hybridized carbons (Fsp3) is 0.200. The summed E-state index contributed by atoms with van der Waals surface area (Å²) in [5.41, 5.74) is 6.48. The number of nitrogens with zero attached hydrogens (tertiary/aromatic N) is 1. The van der Waals surface area contributed by atoms with Crippen molar-refractivity contribution >= 4 is 64.5 Å². The summed E-state index contributed by atoms with van der Waals surface area (Å²) in [7, 11) is 0. The number of hydrogen-bond donors (Lipinski definition) is 0. The number of anilines is 3. The number of Topliss-reactive ketones (excluding diaryl/α,β-unsaturated/α-hetero) is 2. The summed E-state index contributed by atoms with van der Waals surface area (Å²) in [6.45, 7) is 0. The number of para-hydroxylation sites is 2. The van der Waals surface area contributed by atoms with Crippen LogP contribution in [0.3, 0.4) is 0 Å². The Balaban J connectivity index is 1.34. The minimum atomic E-state index is -0.770. The van der Waals surface area contributed by atoms with Gasteiger partial charge in [-0.25, -0.2) is 0 Å². The molecule has 0 radical (unpaired) electrons. The number of ketones is 2. The summed E-state index contributed by atoms with van der Waals surface area (Å²) in [5.74, 6) is -0.240. The molecule has 1 aliphatic heterocycles. The second-order valence-corrected chi connectivity index (χ2v) is 13.6. The van der Waals surface area contributed by atoms with Crippen LogP contribution >= 0.6 is 11.3 Å². The third-order valence-electron chi connectivity index (χ3n) is 7.75. The van der Waals surface area contributed by atoms with Gasteiger partial charge in [0.25, 0.3) is 0 Å². The van der Waals surface area contributed by atoms with Crippen molar-refractivity contribution in [3.8, 4) is 0 Å². The summed E-state index contributed by atoms with van der Waals surface area (Å²) in [5, 5.41) is 1.82. The molecule has 35 heavy (non-hydrogen) atoms. The normalized spacial score (nSPS) is 19.2. The van der Waals surface area contributed by atoms with E-state index in [-0.39, 0.29) is 17.0 Å². The van der Waals surface area contributed by atoms with E-state index in [0.717, 1.165) is 3.58 Å². The number of benzene rings is 2. The molecule has 3 heterocycles. The van der Waals surface area contributed by atoms with E-state index in [1.54, 1.807) is 6.07 Å². The molecule has 1 spiro atoms. The first kappa shape index (κ1) is 21.6. The molecule has 2 aliphatic carbocycles. The van der Waals surface area contributed by atoms with E-state index in [1.807, 2.05) is 11.5 Å². The van der Waals surface area contributed by atoms with E-state index in [0.29, 0.717) is 16.0 Å². The van der Waals surface area contributed by atoms with Crippen LogP contribution in [0.15, 0.2) is 77.7 Å². The van der Waals surface area contributed by atoms with E-state index in [9.17, 15) is 9.59 Å². The molecule has 2 aromatic carbocycles. The number of hydrogen-bond acceptors (Lipinski definition) is 4. The first-order chi connectivity index (χ1) is 17.2. The number of carbonyl (C=O) groups excluding carboxylic acids is 2. The zero-order valence-corrected chi connectivity index (χ0v) is 22.3.